The van der Waals surface area contributed by atoms with Gasteiger partial charge < -0.3 is 0 Å². The van der Waals surface area contributed by atoms with E-state index >= 15 is 0 Å². The Morgan fingerprint density at radius 1 is 1.42 bits per heavy atom. The molecular formula is C15H27N3S. The maximum absolute atomic E-state index is 4.59. The van der Waals surface area contributed by atoms with Crippen LogP contribution in [-0.4, -0.2) is 44.8 Å². The van der Waals surface area contributed by atoms with Gasteiger partial charge in [0.05, 0.1) is 12.2 Å². The van der Waals surface area contributed by atoms with Crippen molar-refractivity contribution in [3.8, 4) is 0 Å². The summed E-state index contributed by atoms with van der Waals surface area (Å²) < 4.78 is 2.20. The Balaban J connectivity index is 1.91. The SMILES string of the molecule is CCSC(C)Cc1cnn([C@H]2CCN(C(C)C)C2)c1. The van der Waals surface area contributed by atoms with Gasteiger partial charge in [-0.1, -0.05) is 13.8 Å². The molecule has 19 heavy (non-hydrogen) atoms. The van der Waals surface area contributed by atoms with Gasteiger partial charge in [-0.05, 0) is 38.0 Å². The first-order chi connectivity index (χ1) is 9.10. The van der Waals surface area contributed by atoms with Crippen LogP contribution in [0.2, 0.25) is 0 Å². The fraction of sp³-hybridized carbons (Fsp3) is 0.800. The molecule has 0 radical (unpaired) electrons. The molecule has 0 N–H and O–H groups in total. The molecule has 3 nitrogen and oxygen atoms in total. The Labute approximate surface area is 121 Å². The molecule has 1 aliphatic rings. The summed E-state index contributed by atoms with van der Waals surface area (Å²) in [4.78, 5) is 2.54. The largest absolute Gasteiger partial charge is 0.299 e. The number of hydrogen-bond acceptors (Lipinski definition) is 3. The van der Waals surface area contributed by atoms with Crippen LogP contribution in [0.1, 0.15) is 45.7 Å². The predicted octanol–water partition coefficient (Wildman–Crippen LogP) is 3.22. The molecular weight excluding hydrogens is 254 g/mol. The molecule has 2 atom stereocenters. The van der Waals surface area contributed by atoms with E-state index in [0.717, 1.165) is 13.0 Å². The van der Waals surface area contributed by atoms with E-state index in [2.05, 4.69) is 54.8 Å². The van der Waals surface area contributed by atoms with Crippen LogP contribution in [0.25, 0.3) is 0 Å². The second-order valence-electron chi connectivity index (χ2n) is 5.83. The van der Waals surface area contributed by atoms with Gasteiger partial charge in [0.25, 0.3) is 0 Å². The van der Waals surface area contributed by atoms with Gasteiger partial charge in [-0.25, -0.2) is 0 Å². The van der Waals surface area contributed by atoms with Crippen molar-refractivity contribution in [2.45, 2.75) is 57.9 Å². The van der Waals surface area contributed by atoms with Crippen molar-refractivity contribution in [2.24, 2.45) is 0 Å². The summed E-state index contributed by atoms with van der Waals surface area (Å²) in [5.74, 6) is 1.20. The Hall–Kier alpha value is -0.480. The lowest BCUT2D eigenvalue weighted by Gasteiger charge is -2.20. The maximum atomic E-state index is 4.59. The number of aromatic nitrogens is 2. The molecule has 0 aromatic carbocycles. The summed E-state index contributed by atoms with van der Waals surface area (Å²) in [6.45, 7) is 11.4. The minimum atomic E-state index is 0.574. The lowest BCUT2D eigenvalue weighted by Crippen LogP contribution is -2.28. The van der Waals surface area contributed by atoms with Crippen molar-refractivity contribution in [1.29, 1.82) is 0 Å². The van der Waals surface area contributed by atoms with Gasteiger partial charge in [0.1, 0.15) is 0 Å². The molecule has 1 aromatic rings. The third-order valence-corrected chi connectivity index (χ3v) is 5.00. The van der Waals surface area contributed by atoms with Crippen molar-refractivity contribution < 1.29 is 0 Å². The van der Waals surface area contributed by atoms with E-state index in [0.29, 0.717) is 17.3 Å². The standard InChI is InChI=1S/C15H27N3S/c1-5-19-13(4)8-14-9-16-18(10-14)15-6-7-17(11-15)12(2)3/h9-10,12-13,15H,5-8,11H2,1-4H3/t13?,15-/m0/s1. The van der Waals surface area contributed by atoms with E-state index in [1.165, 1.54) is 24.3 Å². The average molecular weight is 281 g/mol. The summed E-state index contributed by atoms with van der Waals surface area (Å²) in [5, 5.41) is 5.28. The molecule has 0 bridgehead atoms. The Kier molecular flexibility index (Phi) is 5.34. The lowest BCUT2D eigenvalue weighted by atomic mass is 10.2. The first kappa shape index (κ1) is 14.9. The molecule has 0 amide bonds. The zero-order valence-electron chi connectivity index (χ0n) is 12.7. The van der Waals surface area contributed by atoms with Crippen LogP contribution < -0.4 is 0 Å². The lowest BCUT2D eigenvalue weighted by molar-refractivity contribution is 0.262. The van der Waals surface area contributed by atoms with Crippen molar-refractivity contribution in [3.05, 3.63) is 18.0 Å². The van der Waals surface area contributed by atoms with Crippen LogP contribution in [0.4, 0.5) is 0 Å². The number of thioether (sulfide) groups is 1. The normalized spacial score (nSPS) is 22.3. The van der Waals surface area contributed by atoms with Gasteiger partial charge in [-0.3, -0.25) is 9.58 Å². The van der Waals surface area contributed by atoms with E-state index in [-0.39, 0.29) is 0 Å². The molecule has 108 valence electrons. The molecule has 1 unspecified atom stereocenters. The second-order valence-corrected chi connectivity index (χ2v) is 7.55. The van der Waals surface area contributed by atoms with Crippen LogP contribution in [0, 0.1) is 0 Å². The molecule has 0 spiro atoms. The maximum Gasteiger partial charge on any atom is 0.0658 e. The van der Waals surface area contributed by atoms with Gasteiger partial charge in [-0.15, -0.1) is 0 Å². The summed E-state index contributed by atoms with van der Waals surface area (Å²) in [5.41, 5.74) is 1.39. The molecule has 4 heteroatoms. The second kappa shape index (κ2) is 6.80. The fourth-order valence-electron chi connectivity index (χ4n) is 2.81. The van der Waals surface area contributed by atoms with E-state index in [1.807, 2.05) is 11.8 Å². The molecule has 1 aromatic heterocycles. The molecule has 2 rings (SSSR count). The number of nitrogens with zero attached hydrogens (tertiary/aromatic N) is 3. The van der Waals surface area contributed by atoms with Gasteiger partial charge >= 0.3 is 0 Å². The highest BCUT2D eigenvalue weighted by molar-refractivity contribution is 7.99. The predicted molar refractivity (Wildman–Crippen MR) is 83.9 cm³/mol. The van der Waals surface area contributed by atoms with Crippen molar-refractivity contribution in [3.63, 3.8) is 0 Å². The Bertz CT molecular complexity index is 388. The summed E-state index contributed by atoms with van der Waals surface area (Å²) in [7, 11) is 0. The highest BCUT2D eigenvalue weighted by Crippen LogP contribution is 2.23. The molecule has 1 aliphatic heterocycles. The first-order valence-electron chi connectivity index (χ1n) is 7.48. The van der Waals surface area contributed by atoms with Crippen molar-refractivity contribution in [1.82, 2.24) is 14.7 Å². The van der Waals surface area contributed by atoms with E-state index < -0.39 is 0 Å². The van der Waals surface area contributed by atoms with Crippen LogP contribution in [0.3, 0.4) is 0 Å². The van der Waals surface area contributed by atoms with Gasteiger partial charge in [0.15, 0.2) is 0 Å². The zero-order valence-corrected chi connectivity index (χ0v) is 13.5. The minimum absolute atomic E-state index is 0.574. The molecule has 0 aliphatic carbocycles. The van der Waals surface area contributed by atoms with Gasteiger partial charge in [-0.2, -0.15) is 16.9 Å². The van der Waals surface area contributed by atoms with Crippen molar-refractivity contribution in [2.75, 3.05) is 18.8 Å². The minimum Gasteiger partial charge on any atom is -0.299 e. The number of rotatable bonds is 6. The van der Waals surface area contributed by atoms with E-state index in [1.54, 1.807) is 0 Å². The van der Waals surface area contributed by atoms with E-state index in [4.69, 9.17) is 0 Å². The fourth-order valence-corrected chi connectivity index (χ4v) is 3.69. The molecule has 2 heterocycles. The topological polar surface area (TPSA) is 21.1 Å². The molecule has 0 saturated carbocycles. The monoisotopic (exact) mass is 281 g/mol. The van der Waals surface area contributed by atoms with Crippen LogP contribution in [0.15, 0.2) is 12.4 Å². The van der Waals surface area contributed by atoms with Gasteiger partial charge in [0.2, 0.25) is 0 Å². The summed E-state index contributed by atoms with van der Waals surface area (Å²) >= 11 is 2.03. The Morgan fingerprint density at radius 2 is 2.21 bits per heavy atom. The van der Waals surface area contributed by atoms with E-state index in [9.17, 15) is 0 Å². The third-order valence-electron chi connectivity index (χ3n) is 3.93. The average Bonchev–Trinajstić information content (AvgIpc) is 2.96. The number of likely N-dealkylation sites (tertiary alicyclic amines) is 1. The number of hydrogen-bond donors (Lipinski definition) is 0. The highest BCUT2D eigenvalue weighted by atomic mass is 32.2. The molecule has 1 fully saturated rings. The summed E-state index contributed by atoms with van der Waals surface area (Å²) in [6.07, 6.45) is 6.70. The quantitative estimate of drug-likeness (QED) is 0.799. The van der Waals surface area contributed by atoms with Crippen molar-refractivity contribution >= 4 is 11.8 Å². The zero-order chi connectivity index (χ0) is 13.8. The third kappa shape index (κ3) is 3.99. The van der Waals surface area contributed by atoms with Crippen LogP contribution in [0.5, 0.6) is 0 Å². The first-order valence-corrected chi connectivity index (χ1v) is 8.53. The van der Waals surface area contributed by atoms with Gasteiger partial charge in [0, 0.05) is 30.6 Å². The Morgan fingerprint density at radius 3 is 2.84 bits per heavy atom. The van der Waals surface area contributed by atoms with Crippen LogP contribution in [-0.2, 0) is 6.42 Å². The van der Waals surface area contributed by atoms with Crippen LogP contribution >= 0.6 is 11.8 Å². The smallest absolute Gasteiger partial charge is 0.0658 e. The molecule has 1 saturated heterocycles. The summed E-state index contributed by atoms with van der Waals surface area (Å²) in [6, 6.07) is 1.23. The highest BCUT2D eigenvalue weighted by Gasteiger charge is 2.25.